The normalized spacial score (nSPS) is 31.5. The lowest BCUT2D eigenvalue weighted by atomic mass is 9.77. The maximum atomic E-state index is 12.5. The Kier molecular flexibility index (Phi) is 6.23. The van der Waals surface area contributed by atoms with Gasteiger partial charge in [-0.05, 0) is 55.4 Å². The van der Waals surface area contributed by atoms with E-state index in [1.54, 1.807) is 0 Å². The van der Waals surface area contributed by atoms with Gasteiger partial charge in [-0.25, -0.2) is 0 Å². The third kappa shape index (κ3) is 4.52. The molecule has 7 heteroatoms. The fourth-order valence-electron chi connectivity index (χ4n) is 5.06. The predicted molar refractivity (Wildman–Crippen MR) is 110 cm³/mol. The number of hydrogen-bond donors (Lipinski definition) is 2. The van der Waals surface area contributed by atoms with Crippen LogP contribution in [-0.2, 0) is 9.53 Å². The highest BCUT2D eigenvalue weighted by atomic mass is 35.5. The number of amides is 1. The van der Waals surface area contributed by atoms with E-state index in [0.717, 1.165) is 63.5 Å². The summed E-state index contributed by atoms with van der Waals surface area (Å²) < 4.78 is 5.45. The monoisotopic (exact) mass is 407 g/mol. The van der Waals surface area contributed by atoms with Crippen LogP contribution < -0.4 is 5.32 Å². The molecular weight excluding hydrogens is 378 g/mol. The van der Waals surface area contributed by atoms with Crippen LogP contribution in [0.4, 0.5) is 5.69 Å². The van der Waals surface area contributed by atoms with E-state index in [9.17, 15) is 9.90 Å². The molecule has 154 valence electrons. The van der Waals surface area contributed by atoms with E-state index in [1.165, 1.54) is 0 Å². The second-order valence-electron chi connectivity index (χ2n) is 8.48. The fourth-order valence-corrected chi connectivity index (χ4v) is 5.18. The topological polar surface area (TPSA) is 65.0 Å². The number of aliphatic hydroxyl groups excluding tert-OH is 1. The predicted octanol–water partition coefficient (Wildman–Crippen LogP) is 1.99. The van der Waals surface area contributed by atoms with Crippen LogP contribution in [0.15, 0.2) is 18.2 Å². The van der Waals surface area contributed by atoms with Gasteiger partial charge in [0, 0.05) is 42.9 Å². The summed E-state index contributed by atoms with van der Waals surface area (Å²) >= 11 is 6.05. The third-order valence-corrected chi connectivity index (χ3v) is 6.93. The van der Waals surface area contributed by atoms with Crippen LogP contribution in [0, 0.1) is 18.8 Å². The summed E-state index contributed by atoms with van der Waals surface area (Å²) in [6, 6.07) is 5.77. The fraction of sp³-hybridized carbons (Fsp3) is 0.667. The summed E-state index contributed by atoms with van der Waals surface area (Å²) in [5, 5.41) is 14.4. The van der Waals surface area contributed by atoms with E-state index < -0.39 is 0 Å². The van der Waals surface area contributed by atoms with Crippen molar-refractivity contribution < 1.29 is 14.6 Å². The number of benzene rings is 1. The van der Waals surface area contributed by atoms with E-state index in [2.05, 4.69) is 15.1 Å². The molecule has 0 bridgehead atoms. The molecule has 0 unspecified atom stereocenters. The van der Waals surface area contributed by atoms with Crippen LogP contribution in [0.25, 0.3) is 0 Å². The molecule has 1 amide bonds. The van der Waals surface area contributed by atoms with Crippen molar-refractivity contribution in [2.45, 2.75) is 31.9 Å². The van der Waals surface area contributed by atoms with Crippen LogP contribution in [0.5, 0.6) is 0 Å². The maximum absolute atomic E-state index is 12.5. The molecule has 1 aromatic carbocycles. The maximum Gasteiger partial charge on any atom is 0.238 e. The van der Waals surface area contributed by atoms with Crippen LogP contribution in [-0.4, -0.2) is 78.9 Å². The number of halogens is 1. The number of fused-ring (bicyclic) bond motifs is 1. The molecule has 0 aromatic heterocycles. The van der Waals surface area contributed by atoms with Gasteiger partial charge in [-0.2, -0.15) is 0 Å². The van der Waals surface area contributed by atoms with Gasteiger partial charge < -0.3 is 15.2 Å². The van der Waals surface area contributed by atoms with Gasteiger partial charge in [-0.3, -0.25) is 14.6 Å². The molecule has 2 heterocycles. The van der Waals surface area contributed by atoms with Crippen LogP contribution >= 0.6 is 11.6 Å². The largest absolute Gasteiger partial charge is 0.391 e. The smallest absolute Gasteiger partial charge is 0.238 e. The Labute approximate surface area is 171 Å². The summed E-state index contributed by atoms with van der Waals surface area (Å²) in [5.74, 6) is 1.05. The number of anilines is 1. The summed E-state index contributed by atoms with van der Waals surface area (Å²) in [6.45, 7) is 7.49. The molecule has 6 nitrogen and oxygen atoms in total. The average molecular weight is 408 g/mol. The standard InChI is InChI=1S/C21H30ClN3O3/c1-14-8-17(2-3-18(14)22)23-21(27)13-24-11-15-9-19(20(26)10-16(15)12-24)25-4-6-28-7-5-25/h2-3,8,15-16,19-20,26H,4-7,9-13H2,1H3,(H,23,27)/t15-,16+,19-,20-/m1/s1. The summed E-state index contributed by atoms with van der Waals surface area (Å²) in [6.07, 6.45) is 1.58. The van der Waals surface area contributed by atoms with Crippen molar-refractivity contribution in [3.05, 3.63) is 28.8 Å². The number of carbonyl (C=O) groups excluding carboxylic acids is 1. The van der Waals surface area contributed by atoms with Gasteiger partial charge in [0.05, 0.1) is 25.9 Å². The van der Waals surface area contributed by atoms with Crippen LogP contribution in [0.2, 0.25) is 5.02 Å². The van der Waals surface area contributed by atoms with Gasteiger partial charge in [-0.15, -0.1) is 0 Å². The third-order valence-electron chi connectivity index (χ3n) is 6.51. The first-order valence-corrected chi connectivity index (χ1v) is 10.7. The van der Waals surface area contributed by atoms with Crippen molar-refractivity contribution in [2.75, 3.05) is 51.3 Å². The van der Waals surface area contributed by atoms with E-state index >= 15 is 0 Å². The van der Waals surface area contributed by atoms with Crippen molar-refractivity contribution >= 4 is 23.2 Å². The lowest BCUT2D eigenvalue weighted by molar-refractivity contribution is -0.117. The average Bonchev–Trinajstić information content (AvgIpc) is 3.05. The van der Waals surface area contributed by atoms with Gasteiger partial charge in [-0.1, -0.05) is 11.6 Å². The molecule has 2 saturated heterocycles. The number of ether oxygens (including phenoxy) is 1. The van der Waals surface area contributed by atoms with Gasteiger partial charge >= 0.3 is 0 Å². The molecule has 3 aliphatic rings. The Morgan fingerprint density at radius 3 is 2.68 bits per heavy atom. The zero-order chi connectivity index (χ0) is 19.7. The molecule has 2 aliphatic heterocycles. The number of nitrogens with one attached hydrogen (secondary N) is 1. The van der Waals surface area contributed by atoms with Crippen molar-refractivity contribution in [1.82, 2.24) is 9.80 Å². The van der Waals surface area contributed by atoms with Crippen molar-refractivity contribution in [3.63, 3.8) is 0 Å². The minimum absolute atomic E-state index is 0.00523. The van der Waals surface area contributed by atoms with Crippen LogP contribution in [0.3, 0.4) is 0 Å². The molecular formula is C21H30ClN3O3. The second-order valence-corrected chi connectivity index (χ2v) is 8.89. The SMILES string of the molecule is Cc1cc(NC(=O)CN2C[C@H]3C[C@@H](N4CCOCC4)[C@H](O)C[C@H]3C2)ccc1Cl. The molecule has 1 aromatic rings. The molecule has 4 rings (SSSR count). The molecule has 0 spiro atoms. The number of rotatable bonds is 4. The zero-order valence-corrected chi connectivity index (χ0v) is 17.2. The van der Waals surface area contributed by atoms with Gasteiger partial charge in [0.1, 0.15) is 0 Å². The van der Waals surface area contributed by atoms with Crippen molar-refractivity contribution in [1.29, 1.82) is 0 Å². The van der Waals surface area contributed by atoms with Gasteiger partial charge in [0.2, 0.25) is 5.91 Å². The first kappa shape index (κ1) is 20.1. The quantitative estimate of drug-likeness (QED) is 0.799. The summed E-state index contributed by atoms with van der Waals surface area (Å²) in [7, 11) is 0. The molecule has 1 saturated carbocycles. The Bertz CT molecular complexity index is 710. The van der Waals surface area contributed by atoms with Gasteiger partial charge in [0.25, 0.3) is 0 Å². The first-order valence-electron chi connectivity index (χ1n) is 10.3. The van der Waals surface area contributed by atoms with E-state index in [4.69, 9.17) is 16.3 Å². The highest BCUT2D eigenvalue weighted by molar-refractivity contribution is 6.31. The Balaban J connectivity index is 1.31. The Morgan fingerprint density at radius 2 is 1.96 bits per heavy atom. The van der Waals surface area contributed by atoms with Crippen LogP contribution in [0.1, 0.15) is 18.4 Å². The number of aryl methyl sites for hydroxylation is 1. The molecule has 0 radical (unpaired) electrons. The number of hydrogen-bond acceptors (Lipinski definition) is 5. The lowest BCUT2D eigenvalue weighted by Crippen LogP contribution is -2.53. The highest BCUT2D eigenvalue weighted by Gasteiger charge is 2.43. The van der Waals surface area contributed by atoms with Crippen molar-refractivity contribution in [2.24, 2.45) is 11.8 Å². The van der Waals surface area contributed by atoms with E-state index in [1.807, 2.05) is 25.1 Å². The zero-order valence-electron chi connectivity index (χ0n) is 16.4. The number of aliphatic hydroxyl groups is 1. The first-order chi connectivity index (χ1) is 13.5. The number of nitrogens with zero attached hydrogens (tertiary/aromatic N) is 2. The van der Waals surface area contributed by atoms with E-state index in [0.29, 0.717) is 23.4 Å². The van der Waals surface area contributed by atoms with Crippen molar-refractivity contribution in [3.8, 4) is 0 Å². The minimum atomic E-state index is -0.273. The summed E-state index contributed by atoms with van der Waals surface area (Å²) in [4.78, 5) is 17.1. The molecule has 28 heavy (non-hydrogen) atoms. The van der Waals surface area contributed by atoms with Gasteiger partial charge in [0.15, 0.2) is 0 Å². The van der Waals surface area contributed by atoms with E-state index in [-0.39, 0.29) is 18.1 Å². The molecule has 4 atom stereocenters. The molecule has 2 N–H and O–H groups in total. The number of likely N-dealkylation sites (tertiary alicyclic amines) is 1. The Morgan fingerprint density at radius 1 is 1.25 bits per heavy atom. The Hall–Kier alpha value is -1.18. The summed E-state index contributed by atoms with van der Waals surface area (Å²) in [5.41, 5.74) is 1.74. The highest BCUT2D eigenvalue weighted by Crippen LogP contribution is 2.38. The molecule has 1 aliphatic carbocycles. The number of carbonyl (C=O) groups is 1. The number of morpholine rings is 1. The molecule has 3 fully saturated rings. The minimum Gasteiger partial charge on any atom is -0.391 e. The lowest BCUT2D eigenvalue weighted by Gasteiger charge is -2.43. The second kappa shape index (κ2) is 8.67.